The van der Waals surface area contributed by atoms with Crippen LogP contribution >= 0.6 is 11.6 Å². The number of halogens is 1. The Morgan fingerprint density at radius 3 is 2.82 bits per heavy atom. The van der Waals surface area contributed by atoms with E-state index >= 15 is 0 Å². The monoisotopic (exact) mass is 405 g/mol. The molecule has 5 rings (SSSR count). The van der Waals surface area contributed by atoms with Crippen molar-refractivity contribution in [2.24, 2.45) is 0 Å². The van der Waals surface area contributed by atoms with Crippen molar-refractivity contribution in [1.29, 1.82) is 0 Å². The predicted octanol–water partition coefficient (Wildman–Crippen LogP) is 2.15. The molecule has 1 aromatic rings. The molecule has 0 aliphatic carbocycles. The van der Waals surface area contributed by atoms with Crippen molar-refractivity contribution in [1.82, 2.24) is 10.2 Å². The summed E-state index contributed by atoms with van der Waals surface area (Å²) in [5, 5.41) is 7.09. The van der Waals surface area contributed by atoms with Gasteiger partial charge in [-0.25, -0.2) is 0 Å². The van der Waals surface area contributed by atoms with Gasteiger partial charge in [0.1, 0.15) is 11.8 Å². The van der Waals surface area contributed by atoms with Crippen LogP contribution in [-0.2, 0) is 14.3 Å². The second kappa shape index (κ2) is 6.61. The smallest absolute Gasteiger partial charge is 0.255 e. The average Bonchev–Trinajstić information content (AvgIpc) is 3.32. The molecule has 4 aliphatic rings. The number of nitrogens with zero attached hydrogens (tertiary/aromatic N) is 1. The first-order valence-corrected chi connectivity index (χ1v) is 10.3. The van der Waals surface area contributed by atoms with Gasteiger partial charge in [0, 0.05) is 36.8 Å². The molecule has 3 fully saturated rings. The molecule has 0 aromatic heterocycles. The number of carbonyl (C=O) groups is 2. The van der Waals surface area contributed by atoms with Gasteiger partial charge in [0.2, 0.25) is 0 Å². The molecule has 4 aliphatic heterocycles. The Balaban J connectivity index is 1.27. The maximum Gasteiger partial charge on any atom is 0.255 e. The number of rotatable bonds is 1. The first-order chi connectivity index (χ1) is 13.5. The van der Waals surface area contributed by atoms with Crippen molar-refractivity contribution in [3.63, 3.8) is 0 Å². The van der Waals surface area contributed by atoms with Gasteiger partial charge in [0.15, 0.2) is 0 Å². The van der Waals surface area contributed by atoms with Crippen LogP contribution in [0.1, 0.15) is 42.5 Å². The third-order valence-corrected chi connectivity index (χ3v) is 6.63. The molecule has 3 saturated heterocycles. The molecular formula is C20H24ClN3O4. The van der Waals surface area contributed by atoms with E-state index in [-0.39, 0.29) is 23.5 Å². The van der Waals surface area contributed by atoms with E-state index < -0.39 is 5.66 Å². The molecule has 2 spiro atoms. The van der Waals surface area contributed by atoms with Crippen LogP contribution < -0.4 is 10.6 Å². The van der Waals surface area contributed by atoms with Crippen molar-refractivity contribution in [3.05, 3.63) is 28.8 Å². The summed E-state index contributed by atoms with van der Waals surface area (Å²) in [6, 6.07) is 5.29. The molecule has 0 saturated carbocycles. The van der Waals surface area contributed by atoms with Crippen LogP contribution in [0.2, 0.25) is 5.02 Å². The lowest BCUT2D eigenvalue weighted by Crippen LogP contribution is -2.59. The number of piperidine rings is 1. The average molecular weight is 406 g/mol. The molecule has 1 aromatic carbocycles. The second-order valence-corrected chi connectivity index (χ2v) is 8.76. The third-order valence-electron chi connectivity index (χ3n) is 6.39. The number of likely N-dealkylation sites (tertiary alicyclic amines) is 1. The fourth-order valence-electron chi connectivity index (χ4n) is 4.91. The number of ether oxygens (including phenoxy) is 2. The van der Waals surface area contributed by atoms with Gasteiger partial charge in [-0.2, -0.15) is 0 Å². The van der Waals surface area contributed by atoms with E-state index in [0.717, 1.165) is 31.4 Å². The molecule has 2 unspecified atom stereocenters. The largest absolute Gasteiger partial charge is 0.370 e. The van der Waals surface area contributed by atoms with Crippen LogP contribution in [0.4, 0.5) is 5.69 Å². The molecule has 0 radical (unpaired) electrons. The van der Waals surface area contributed by atoms with Gasteiger partial charge in [-0.05, 0) is 43.9 Å². The highest BCUT2D eigenvalue weighted by Crippen LogP contribution is 2.43. The Kier molecular flexibility index (Phi) is 4.30. The number of fused-ring (bicyclic) bond motifs is 1. The number of hydrogen-bond donors (Lipinski definition) is 2. The van der Waals surface area contributed by atoms with Crippen LogP contribution in [0, 0.1) is 0 Å². The Morgan fingerprint density at radius 1 is 1.25 bits per heavy atom. The molecule has 150 valence electrons. The first-order valence-electron chi connectivity index (χ1n) is 9.92. The summed E-state index contributed by atoms with van der Waals surface area (Å²) in [6.07, 6.45) is 3.70. The number of nitrogens with one attached hydrogen (secondary N) is 2. The van der Waals surface area contributed by atoms with Gasteiger partial charge >= 0.3 is 0 Å². The molecular weight excluding hydrogens is 382 g/mol. The van der Waals surface area contributed by atoms with Gasteiger partial charge in [0.05, 0.1) is 17.8 Å². The lowest BCUT2D eigenvalue weighted by atomic mass is 9.84. The highest BCUT2D eigenvalue weighted by molar-refractivity contribution is 6.31. The lowest BCUT2D eigenvalue weighted by molar-refractivity contribution is -0.145. The third kappa shape index (κ3) is 3.06. The summed E-state index contributed by atoms with van der Waals surface area (Å²) < 4.78 is 11.8. The standard InChI is InChI=1S/C20H24ClN3O4/c21-13-3-4-15-14(10-13)17(25)23-20(22-15)11-19(28-12-20)5-7-24(8-6-19)18(26)16-2-1-9-27-16/h3-4,10,16,22H,1-2,5-9,11-12H2,(H,23,25). The minimum absolute atomic E-state index is 0.106. The summed E-state index contributed by atoms with van der Waals surface area (Å²) in [6.45, 7) is 2.40. The van der Waals surface area contributed by atoms with Crippen LogP contribution in [0.5, 0.6) is 0 Å². The molecule has 2 atom stereocenters. The van der Waals surface area contributed by atoms with E-state index in [1.165, 1.54) is 0 Å². The van der Waals surface area contributed by atoms with Crippen LogP contribution in [0.25, 0.3) is 0 Å². The maximum absolute atomic E-state index is 12.6. The highest BCUT2D eigenvalue weighted by atomic mass is 35.5. The van der Waals surface area contributed by atoms with E-state index in [0.29, 0.717) is 43.3 Å². The summed E-state index contributed by atoms with van der Waals surface area (Å²) in [4.78, 5) is 27.1. The molecule has 0 bridgehead atoms. The topological polar surface area (TPSA) is 79.9 Å². The van der Waals surface area contributed by atoms with Crippen molar-refractivity contribution in [3.8, 4) is 0 Å². The Bertz CT molecular complexity index is 818. The van der Waals surface area contributed by atoms with Crippen LogP contribution in [-0.4, -0.2) is 60.4 Å². The van der Waals surface area contributed by atoms with Crippen LogP contribution in [0.3, 0.4) is 0 Å². The Labute approximate surface area is 168 Å². The lowest BCUT2D eigenvalue weighted by Gasteiger charge is -2.41. The van der Waals surface area contributed by atoms with Gasteiger partial charge in [-0.3, -0.25) is 9.59 Å². The number of anilines is 1. The molecule has 8 heteroatoms. The van der Waals surface area contributed by atoms with Crippen molar-refractivity contribution in [2.75, 3.05) is 31.6 Å². The minimum atomic E-state index is -0.612. The van der Waals surface area contributed by atoms with Crippen molar-refractivity contribution < 1.29 is 19.1 Å². The van der Waals surface area contributed by atoms with Gasteiger partial charge in [-0.15, -0.1) is 0 Å². The van der Waals surface area contributed by atoms with Gasteiger partial charge in [-0.1, -0.05) is 11.6 Å². The molecule has 2 amide bonds. The summed E-state index contributed by atoms with van der Waals surface area (Å²) in [5.74, 6) is -0.0298. The molecule has 2 N–H and O–H groups in total. The van der Waals surface area contributed by atoms with E-state index in [1.54, 1.807) is 12.1 Å². The van der Waals surface area contributed by atoms with Gasteiger partial charge in [0.25, 0.3) is 11.8 Å². The SMILES string of the molecule is O=C1NC2(COC3(CCN(C(=O)C4CCCO4)CC3)C2)Nc2ccc(Cl)cc21. The van der Waals surface area contributed by atoms with E-state index in [1.807, 2.05) is 11.0 Å². The Hall–Kier alpha value is -1.83. The fraction of sp³-hybridized carbons (Fsp3) is 0.600. The zero-order valence-corrected chi connectivity index (χ0v) is 16.4. The number of hydrogen-bond acceptors (Lipinski definition) is 5. The number of benzene rings is 1. The van der Waals surface area contributed by atoms with Gasteiger partial charge < -0.3 is 25.0 Å². The summed E-state index contributed by atoms with van der Waals surface area (Å²) in [7, 11) is 0. The highest BCUT2D eigenvalue weighted by Gasteiger charge is 2.53. The minimum Gasteiger partial charge on any atom is -0.370 e. The second-order valence-electron chi connectivity index (χ2n) is 8.33. The van der Waals surface area contributed by atoms with E-state index in [2.05, 4.69) is 10.6 Å². The normalized spacial score (nSPS) is 31.0. The maximum atomic E-state index is 12.6. The molecule has 28 heavy (non-hydrogen) atoms. The van der Waals surface area contributed by atoms with Crippen molar-refractivity contribution >= 4 is 29.1 Å². The van der Waals surface area contributed by atoms with E-state index in [9.17, 15) is 9.59 Å². The van der Waals surface area contributed by atoms with E-state index in [4.69, 9.17) is 21.1 Å². The molecule has 7 nitrogen and oxygen atoms in total. The predicted molar refractivity (Wildman–Crippen MR) is 103 cm³/mol. The zero-order chi connectivity index (χ0) is 19.4. The first kappa shape index (κ1) is 18.2. The number of amides is 2. The fourth-order valence-corrected chi connectivity index (χ4v) is 5.08. The van der Waals surface area contributed by atoms with Crippen LogP contribution in [0.15, 0.2) is 18.2 Å². The Morgan fingerprint density at radius 2 is 2.07 bits per heavy atom. The van der Waals surface area contributed by atoms with Crippen molar-refractivity contribution in [2.45, 2.75) is 49.5 Å². The zero-order valence-electron chi connectivity index (χ0n) is 15.6. The summed E-state index contributed by atoms with van der Waals surface area (Å²) in [5.41, 5.74) is 0.395. The summed E-state index contributed by atoms with van der Waals surface area (Å²) >= 11 is 6.02. The number of carbonyl (C=O) groups excluding carboxylic acids is 2. The molecule has 4 heterocycles. The quantitative estimate of drug-likeness (QED) is 0.748.